The van der Waals surface area contributed by atoms with Crippen LogP contribution in [0.15, 0.2) is 36.4 Å². The maximum Gasteiger partial charge on any atom is 0.261 e. The Morgan fingerprint density at radius 2 is 1.90 bits per heavy atom. The molecule has 0 heterocycles. The molecule has 0 fully saturated rings. The third kappa shape index (κ3) is 2.62. The molecule has 1 amide bonds. The van der Waals surface area contributed by atoms with Crippen molar-refractivity contribution in [2.45, 2.75) is 0 Å². The molecule has 5 nitrogen and oxygen atoms in total. The number of nitrogens with two attached hydrogens (primary N) is 1. The van der Waals surface area contributed by atoms with Gasteiger partial charge in [-0.1, -0.05) is 11.6 Å². The van der Waals surface area contributed by atoms with Crippen LogP contribution in [0.2, 0.25) is 5.02 Å². The van der Waals surface area contributed by atoms with E-state index in [0.29, 0.717) is 16.4 Å². The van der Waals surface area contributed by atoms with Gasteiger partial charge in [-0.3, -0.25) is 4.79 Å². The molecule has 2 aromatic carbocycles. The van der Waals surface area contributed by atoms with Gasteiger partial charge in [0.1, 0.15) is 11.5 Å². The lowest BCUT2D eigenvalue weighted by Crippen LogP contribution is -2.27. The van der Waals surface area contributed by atoms with Crippen LogP contribution in [0.4, 0.5) is 11.4 Å². The van der Waals surface area contributed by atoms with Crippen LogP contribution in [0.1, 0.15) is 10.4 Å². The number of benzene rings is 2. The summed E-state index contributed by atoms with van der Waals surface area (Å²) in [5.41, 5.74) is 6.59. The fourth-order valence-electron chi connectivity index (χ4n) is 1.79. The summed E-state index contributed by atoms with van der Waals surface area (Å²) in [7, 11) is 1.51. The Morgan fingerprint density at radius 1 is 1.20 bits per heavy atom. The van der Waals surface area contributed by atoms with Crippen molar-refractivity contribution in [1.82, 2.24) is 0 Å². The normalized spacial score (nSPS) is 10.3. The Morgan fingerprint density at radius 3 is 2.60 bits per heavy atom. The Bertz CT molecular complexity index is 673. The van der Waals surface area contributed by atoms with Gasteiger partial charge in [-0.05, 0) is 36.4 Å². The molecule has 0 spiro atoms. The first-order valence-electron chi connectivity index (χ1n) is 5.75. The highest BCUT2D eigenvalue weighted by Gasteiger charge is 2.19. The SMILES string of the molecule is CN(C(=O)c1cc(O)ccc1O)c1cc(Cl)ccc1N. The van der Waals surface area contributed by atoms with Crippen molar-refractivity contribution in [3.8, 4) is 11.5 Å². The van der Waals surface area contributed by atoms with Crippen molar-refractivity contribution >= 4 is 28.9 Å². The zero-order valence-electron chi connectivity index (χ0n) is 10.7. The van der Waals surface area contributed by atoms with Gasteiger partial charge < -0.3 is 20.8 Å². The lowest BCUT2D eigenvalue weighted by molar-refractivity contribution is 0.0990. The molecule has 20 heavy (non-hydrogen) atoms. The fourth-order valence-corrected chi connectivity index (χ4v) is 1.96. The number of carbonyl (C=O) groups excluding carboxylic acids is 1. The van der Waals surface area contributed by atoms with E-state index in [1.165, 1.54) is 30.1 Å². The molecule has 6 heteroatoms. The number of hydrogen-bond donors (Lipinski definition) is 3. The third-order valence-corrected chi connectivity index (χ3v) is 3.10. The van der Waals surface area contributed by atoms with Crippen molar-refractivity contribution in [2.75, 3.05) is 17.7 Å². The average Bonchev–Trinajstić information content (AvgIpc) is 2.42. The number of anilines is 2. The van der Waals surface area contributed by atoms with Crippen LogP contribution >= 0.6 is 11.6 Å². The number of phenolic OH excluding ortho intramolecular Hbond substituents is 2. The van der Waals surface area contributed by atoms with E-state index in [1.807, 2.05) is 0 Å². The number of nitrogen functional groups attached to an aromatic ring is 1. The molecule has 0 aliphatic carbocycles. The maximum absolute atomic E-state index is 12.3. The predicted octanol–water partition coefficient (Wildman–Crippen LogP) is 2.61. The van der Waals surface area contributed by atoms with Crippen LogP contribution in [-0.4, -0.2) is 23.2 Å². The summed E-state index contributed by atoms with van der Waals surface area (Å²) < 4.78 is 0. The zero-order valence-corrected chi connectivity index (χ0v) is 11.4. The summed E-state index contributed by atoms with van der Waals surface area (Å²) in [6.07, 6.45) is 0. The van der Waals surface area contributed by atoms with Crippen LogP contribution in [0.3, 0.4) is 0 Å². The number of hydrogen-bond acceptors (Lipinski definition) is 4. The summed E-state index contributed by atoms with van der Waals surface area (Å²) >= 11 is 5.89. The van der Waals surface area contributed by atoms with Crippen LogP contribution in [0.25, 0.3) is 0 Å². The minimum absolute atomic E-state index is 0.0214. The minimum Gasteiger partial charge on any atom is -0.508 e. The van der Waals surface area contributed by atoms with E-state index in [9.17, 15) is 15.0 Å². The molecule has 0 bridgehead atoms. The second-order valence-corrected chi connectivity index (χ2v) is 4.71. The first-order valence-corrected chi connectivity index (χ1v) is 6.13. The molecule has 0 aliphatic rings. The van der Waals surface area contributed by atoms with Gasteiger partial charge in [0.2, 0.25) is 0 Å². The molecular formula is C14H13ClN2O3. The number of nitrogens with zero attached hydrogens (tertiary/aromatic N) is 1. The Hall–Kier alpha value is -2.40. The number of carbonyl (C=O) groups is 1. The largest absolute Gasteiger partial charge is 0.508 e. The van der Waals surface area contributed by atoms with Gasteiger partial charge in [0.15, 0.2) is 0 Å². The van der Waals surface area contributed by atoms with Crippen LogP contribution < -0.4 is 10.6 Å². The van der Waals surface area contributed by atoms with Gasteiger partial charge in [-0.15, -0.1) is 0 Å². The highest BCUT2D eigenvalue weighted by atomic mass is 35.5. The summed E-state index contributed by atoms with van der Waals surface area (Å²) in [6, 6.07) is 8.48. The lowest BCUT2D eigenvalue weighted by atomic mass is 10.1. The third-order valence-electron chi connectivity index (χ3n) is 2.87. The number of phenols is 2. The number of halogens is 1. The highest BCUT2D eigenvalue weighted by molar-refractivity contribution is 6.31. The summed E-state index contributed by atoms with van der Waals surface area (Å²) in [5.74, 6) is -0.841. The van der Waals surface area contributed by atoms with Crippen LogP contribution in [-0.2, 0) is 0 Å². The molecule has 0 unspecified atom stereocenters. The van der Waals surface area contributed by atoms with E-state index < -0.39 is 5.91 Å². The van der Waals surface area contributed by atoms with E-state index in [0.717, 1.165) is 0 Å². The molecule has 2 aromatic rings. The summed E-state index contributed by atoms with van der Waals surface area (Å²) in [4.78, 5) is 13.6. The van der Waals surface area contributed by atoms with E-state index in [4.69, 9.17) is 17.3 Å². The first-order chi connectivity index (χ1) is 9.40. The molecular weight excluding hydrogens is 280 g/mol. The average molecular weight is 293 g/mol. The zero-order chi connectivity index (χ0) is 14.9. The maximum atomic E-state index is 12.3. The molecule has 104 valence electrons. The molecule has 0 radical (unpaired) electrons. The van der Waals surface area contributed by atoms with Gasteiger partial charge in [-0.2, -0.15) is 0 Å². The predicted molar refractivity (Wildman–Crippen MR) is 78.4 cm³/mol. The monoisotopic (exact) mass is 292 g/mol. The summed E-state index contributed by atoms with van der Waals surface area (Å²) in [6.45, 7) is 0. The van der Waals surface area contributed by atoms with Gasteiger partial charge in [0, 0.05) is 12.1 Å². The molecule has 0 aliphatic heterocycles. The van der Waals surface area contributed by atoms with Crippen molar-refractivity contribution in [2.24, 2.45) is 0 Å². The molecule has 0 saturated heterocycles. The number of aromatic hydroxyl groups is 2. The lowest BCUT2D eigenvalue weighted by Gasteiger charge is -2.20. The molecule has 2 rings (SSSR count). The number of amides is 1. The Kier molecular flexibility index (Phi) is 3.72. The second-order valence-electron chi connectivity index (χ2n) is 4.27. The Labute approximate surface area is 120 Å². The van der Waals surface area contributed by atoms with Gasteiger partial charge in [0.25, 0.3) is 5.91 Å². The Balaban J connectivity index is 2.42. The van der Waals surface area contributed by atoms with Crippen molar-refractivity contribution in [1.29, 1.82) is 0 Å². The quantitative estimate of drug-likeness (QED) is 0.586. The van der Waals surface area contributed by atoms with Crippen molar-refractivity contribution in [3.63, 3.8) is 0 Å². The van der Waals surface area contributed by atoms with Gasteiger partial charge >= 0.3 is 0 Å². The van der Waals surface area contributed by atoms with E-state index in [1.54, 1.807) is 18.2 Å². The first kappa shape index (κ1) is 14.0. The number of rotatable bonds is 2. The minimum atomic E-state index is -0.507. The van der Waals surface area contributed by atoms with Crippen molar-refractivity contribution in [3.05, 3.63) is 47.0 Å². The van der Waals surface area contributed by atoms with E-state index in [2.05, 4.69) is 0 Å². The van der Waals surface area contributed by atoms with E-state index >= 15 is 0 Å². The molecule has 0 saturated carbocycles. The van der Waals surface area contributed by atoms with Crippen LogP contribution in [0, 0.1) is 0 Å². The van der Waals surface area contributed by atoms with E-state index in [-0.39, 0.29) is 17.1 Å². The molecule has 0 aromatic heterocycles. The van der Waals surface area contributed by atoms with Gasteiger partial charge in [-0.25, -0.2) is 0 Å². The molecule has 4 N–H and O–H groups in total. The topological polar surface area (TPSA) is 86.8 Å². The highest BCUT2D eigenvalue weighted by Crippen LogP contribution is 2.29. The summed E-state index contributed by atoms with van der Waals surface area (Å²) in [5, 5.41) is 19.6. The van der Waals surface area contributed by atoms with Crippen molar-refractivity contribution < 1.29 is 15.0 Å². The molecule has 0 atom stereocenters. The smallest absolute Gasteiger partial charge is 0.261 e. The van der Waals surface area contributed by atoms with Crippen LogP contribution in [0.5, 0.6) is 11.5 Å². The fraction of sp³-hybridized carbons (Fsp3) is 0.0714. The second kappa shape index (κ2) is 5.30. The standard InChI is InChI=1S/C14H13ClN2O3/c1-17(12-6-8(15)2-4-11(12)16)14(20)10-7-9(18)3-5-13(10)19/h2-7,18-19H,16H2,1H3. The van der Waals surface area contributed by atoms with Gasteiger partial charge in [0.05, 0.1) is 16.9 Å².